The zero-order valence-corrected chi connectivity index (χ0v) is 11.6. The maximum Gasteiger partial charge on any atom is 0.306 e. The van der Waals surface area contributed by atoms with Crippen molar-refractivity contribution in [1.29, 1.82) is 0 Å². The van der Waals surface area contributed by atoms with Crippen molar-refractivity contribution in [3.05, 3.63) is 0 Å². The minimum Gasteiger partial charge on any atom is -0.466 e. The molecule has 0 spiro atoms. The zero-order chi connectivity index (χ0) is 13.4. The van der Waals surface area contributed by atoms with Crippen molar-refractivity contribution in [1.82, 2.24) is 5.32 Å². The molecule has 18 heavy (non-hydrogen) atoms. The van der Waals surface area contributed by atoms with Crippen LogP contribution in [0.1, 0.15) is 58.8 Å². The van der Waals surface area contributed by atoms with Gasteiger partial charge >= 0.3 is 5.97 Å². The van der Waals surface area contributed by atoms with E-state index in [0.717, 1.165) is 13.0 Å². The molecular weight excluding hydrogens is 230 g/mol. The molecule has 0 unspecified atom stereocenters. The van der Waals surface area contributed by atoms with Crippen molar-refractivity contribution in [2.75, 3.05) is 13.2 Å². The molecule has 1 rings (SSSR count). The van der Waals surface area contributed by atoms with E-state index in [1.54, 1.807) is 6.92 Å². The Morgan fingerprint density at radius 2 is 1.83 bits per heavy atom. The molecule has 1 amide bonds. The van der Waals surface area contributed by atoms with Crippen LogP contribution in [0.2, 0.25) is 0 Å². The predicted octanol–water partition coefficient (Wildman–Crippen LogP) is 2.42. The van der Waals surface area contributed by atoms with Gasteiger partial charge in [-0.2, -0.15) is 0 Å². The second-order valence-electron chi connectivity index (χ2n) is 5.14. The summed E-state index contributed by atoms with van der Waals surface area (Å²) in [7, 11) is 0. The van der Waals surface area contributed by atoms with E-state index in [1.807, 2.05) is 0 Å². The summed E-state index contributed by atoms with van der Waals surface area (Å²) in [5.74, 6) is -0.332. The molecule has 0 aliphatic heterocycles. The molecule has 0 heterocycles. The van der Waals surface area contributed by atoms with Crippen LogP contribution < -0.4 is 5.32 Å². The second kappa shape index (κ2) is 7.39. The number of ether oxygens (including phenoxy) is 1. The Morgan fingerprint density at radius 1 is 1.17 bits per heavy atom. The van der Waals surface area contributed by atoms with Crippen LogP contribution in [0.4, 0.5) is 0 Å². The Bertz CT molecular complexity index is 283. The third-order valence-corrected chi connectivity index (χ3v) is 3.94. The van der Waals surface area contributed by atoms with Gasteiger partial charge in [0, 0.05) is 13.0 Å². The molecule has 1 N–H and O–H groups in total. The summed E-state index contributed by atoms with van der Waals surface area (Å²) in [6.45, 7) is 5.09. The smallest absolute Gasteiger partial charge is 0.306 e. The fourth-order valence-electron chi connectivity index (χ4n) is 2.60. The highest BCUT2D eigenvalue weighted by molar-refractivity contribution is 5.81. The first kappa shape index (κ1) is 15.0. The van der Waals surface area contributed by atoms with E-state index in [2.05, 4.69) is 12.2 Å². The highest BCUT2D eigenvalue weighted by atomic mass is 16.5. The number of rotatable bonds is 7. The number of carbonyl (C=O) groups is 2. The first-order valence-electron chi connectivity index (χ1n) is 7.04. The summed E-state index contributed by atoms with van der Waals surface area (Å²) in [4.78, 5) is 22.8. The number of nitrogens with one attached hydrogen (secondary N) is 1. The van der Waals surface area contributed by atoms with Gasteiger partial charge in [0.05, 0.1) is 13.0 Å². The van der Waals surface area contributed by atoms with Crippen molar-refractivity contribution in [3.8, 4) is 0 Å². The van der Waals surface area contributed by atoms with Gasteiger partial charge in [0.25, 0.3) is 0 Å². The molecule has 1 aliphatic rings. The molecule has 0 aromatic carbocycles. The van der Waals surface area contributed by atoms with Gasteiger partial charge in [0.15, 0.2) is 0 Å². The molecule has 0 bridgehead atoms. The number of hydrogen-bond donors (Lipinski definition) is 1. The number of amides is 1. The minimum absolute atomic E-state index is 0.0391. The van der Waals surface area contributed by atoms with Gasteiger partial charge in [0.2, 0.25) is 5.91 Å². The summed E-state index contributed by atoms with van der Waals surface area (Å²) in [6.07, 6.45) is 6.49. The van der Waals surface area contributed by atoms with Gasteiger partial charge in [-0.15, -0.1) is 0 Å². The van der Waals surface area contributed by atoms with Gasteiger partial charge < -0.3 is 10.1 Å². The van der Waals surface area contributed by atoms with Crippen LogP contribution in [0.5, 0.6) is 0 Å². The van der Waals surface area contributed by atoms with Crippen molar-refractivity contribution in [2.24, 2.45) is 5.41 Å². The molecule has 0 aromatic rings. The monoisotopic (exact) mass is 255 g/mol. The Kier molecular flexibility index (Phi) is 6.16. The summed E-state index contributed by atoms with van der Waals surface area (Å²) < 4.78 is 4.79. The quantitative estimate of drug-likeness (QED) is 0.711. The summed E-state index contributed by atoms with van der Waals surface area (Å²) >= 11 is 0. The molecule has 1 saturated carbocycles. The maximum atomic E-state index is 11.6. The molecule has 0 atom stereocenters. The van der Waals surface area contributed by atoms with Crippen molar-refractivity contribution in [2.45, 2.75) is 58.8 Å². The van der Waals surface area contributed by atoms with Crippen LogP contribution in [-0.2, 0) is 14.3 Å². The molecule has 104 valence electrons. The lowest BCUT2D eigenvalue weighted by Crippen LogP contribution is -2.35. The highest BCUT2D eigenvalue weighted by Crippen LogP contribution is 2.40. The van der Waals surface area contributed by atoms with E-state index in [-0.39, 0.29) is 24.7 Å². The lowest BCUT2D eigenvalue weighted by molar-refractivity contribution is -0.144. The summed E-state index contributed by atoms with van der Waals surface area (Å²) in [6, 6.07) is 0. The third-order valence-electron chi connectivity index (χ3n) is 3.94. The normalized spacial score (nSPS) is 17.4. The Hall–Kier alpha value is -1.06. The molecule has 1 fully saturated rings. The largest absolute Gasteiger partial charge is 0.466 e. The van der Waals surface area contributed by atoms with Crippen LogP contribution in [0, 0.1) is 5.41 Å². The predicted molar refractivity (Wildman–Crippen MR) is 70.1 cm³/mol. The average Bonchev–Trinajstić information content (AvgIpc) is 2.84. The minimum atomic E-state index is -0.293. The van der Waals surface area contributed by atoms with Crippen molar-refractivity contribution in [3.63, 3.8) is 0 Å². The Morgan fingerprint density at radius 3 is 2.39 bits per heavy atom. The molecule has 0 radical (unpaired) electrons. The van der Waals surface area contributed by atoms with Crippen molar-refractivity contribution < 1.29 is 14.3 Å². The van der Waals surface area contributed by atoms with Crippen LogP contribution in [0.25, 0.3) is 0 Å². The van der Waals surface area contributed by atoms with E-state index in [0.29, 0.717) is 12.0 Å². The van der Waals surface area contributed by atoms with Gasteiger partial charge in [-0.05, 0) is 31.6 Å². The van der Waals surface area contributed by atoms with Gasteiger partial charge in [-0.1, -0.05) is 19.8 Å². The van der Waals surface area contributed by atoms with Crippen LogP contribution in [0.3, 0.4) is 0 Å². The molecule has 0 aromatic heterocycles. The van der Waals surface area contributed by atoms with Crippen LogP contribution >= 0.6 is 0 Å². The van der Waals surface area contributed by atoms with Crippen LogP contribution in [0.15, 0.2) is 0 Å². The molecule has 4 nitrogen and oxygen atoms in total. The SMILES string of the molecule is CCOC(=O)CCC(=O)NCC1(CC)CCCC1. The standard InChI is InChI=1S/C14H25NO3/c1-3-14(9-5-6-10-14)11-15-12(16)7-8-13(17)18-4-2/h3-11H2,1-2H3,(H,15,16). The Labute approximate surface area is 109 Å². The second-order valence-corrected chi connectivity index (χ2v) is 5.14. The van der Waals surface area contributed by atoms with Gasteiger partial charge in [0.1, 0.15) is 0 Å². The lowest BCUT2D eigenvalue weighted by Gasteiger charge is -2.27. The molecule has 1 aliphatic carbocycles. The molecule has 4 heteroatoms. The van der Waals surface area contributed by atoms with E-state index < -0.39 is 0 Å². The fraction of sp³-hybridized carbons (Fsp3) is 0.857. The van der Waals surface area contributed by atoms with Gasteiger partial charge in [-0.3, -0.25) is 9.59 Å². The fourth-order valence-corrected chi connectivity index (χ4v) is 2.60. The summed E-state index contributed by atoms with van der Waals surface area (Å²) in [5.41, 5.74) is 0.305. The molecule has 0 saturated heterocycles. The van der Waals surface area contributed by atoms with E-state index in [9.17, 15) is 9.59 Å². The Balaban J connectivity index is 2.22. The first-order chi connectivity index (χ1) is 8.62. The zero-order valence-electron chi connectivity index (χ0n) is 11.6. The third kappa shape index (κ3) is 4.67. The van der Waals surface area contributed by atoms with E-state index in [1.165, 1.54) is 25.7 Å². The number of hydrogen-bond acceptors (Lipinski definition) is 3. The maximum absolute atomic E-state index is 11.6. The highest BCUT2D eigenvalue weighted by Gasteiger charge is 2.32. The van der Waals surface area contributed by atoms with Crippen molar-refractivity contribution >= 4 is 11.9 Å². The van der Waals surface area contributed by atoms with Gasteiger partial charge in [-0.25, -0.2) is 0 Å². The first-order valence-corrected chi connectivity index (χ1v) is 7.04. The summed E-state index contributed by atoms with van der Waals surface area (Å²) in [5, 5.41) is 2.97. The number of carbonyl (C=O) groups excluding carboxylic acids is 2. The molecular formula is C14H25NO3. The topological polar surface area (TPSA) is 55.4 Å². The lowest BCUT2D eigenvalue weighted by atomic mass is 9.83. The van der Waals surface area contributed by atoms with E-state index >= 15 is 0 Å². The van der Waals surface area contributed by atoms with Crippen LogP contribution in [-0.4, -0.2) is 25.0 Å². The van der Waals surface area contributed by atoms with E-state index in [4.69, 9.17) is 4.74 Å². The number of esters is 1. The average molecular weight is 255 g/mol.